The predicted molar refractivity (Wildman–Crippen MR) is 83.0 cm³/mol. The van der Waals surface area contributed by atoms with Crippen LogP contribution < -0.4 is 5.32 Å². The van der Waals surface area contributed by atoms with Gasteiger partial charge in [0.05, 0.1) is 21.0 Å². The molecule has 22 heavy (non-hydrogen) atoms. The summed E-state index contributed by atoms with van der Waals surface area (Å²) in [5, 5.41) is 3.13. The number of aromatic nitrogens is 3. The first kappa shape index (κ1) is 14.7. The average molecular weight is 339 g/mol. The molecule has 0 atom stereocenters. The Balaban J connectivity index is 2.02. The van der Waals surface area contributed by atoms with E-state index in [4.69, 9.17) is 23.2 Å². The largest absolute Gasteiger partial charge is 0.346 e. The molecule has 0 aliphatic heterocycles. The summed E-state index contributed by atoms with van der Waals surface area (Å²) in [6.45, 7) is 1.70. The number of halogens is 3. The van der Waals surface area contributed by atoms with Crippen molar-refractivity contribution in [2.45, 2.75) is 6.92 Å². The van der Waals surface area contributed by atoms with Gasteiger partial charge in [-0.1, -0.05) is 23.2 Å². The zero-order valence-corrected chi connectivity index (χ0v) is 12.8. The second-order valence-corrected chi connectivity index (χ2v) is 5.37. The first-order valence-corrected chi connectivity index (χ1v) is 6.99. The molecular formula is C14H9Cl2FN4O. The topological polar surface area (TPSA) is 70.7 Å². The number of rotatable bonds is 2. The van der Waals surface area contributed by atoms with Gasteiger partial charge in [0.25, 0.3) is 5.91 Å². The third-order valence-corrected chi connectivity index (χ3v) is 3.59. The number of anilines is 1. The minimum Gasteiger partial charge on any atom is -0.346 e. The van der Waals surface area contributed by atoms with Crippen molar-refractivity contribution < 1.29 is 9.18 Å². The van der Waals surface area contributed by atoms with Crippen LogP contribution in [0.25, 0.3) is 11.0 Å². The number of aromatic amines is 1. The van der Waals surface area contributed by atoms with Crippen LogP contribution >= 0.6 is 23.2 Å². The fraction of sp³-hybridized carbons (Fsp3) is 0.0714. The number of carbonyl (C=O) groups is 1. The van der Waals surface area contributed by atoms with Gasteiger partial charge in [-0.2, -0.15) is 0 Å². The summed E-state index contributed by atoms with van der Waals surface area (Å²) in [6.07, 6.45) is 1.69. The number of benzene rings is 1. The van der Waals surface area contributed by atoms with Crippen LogP contribution in [0.4, 0.5) is 10.2 Å². The van der Waals surface area contributed by atoms with Gasteiger partial charge in [0.1, 0.15) is 23.1 Å². The van der Waals surface area contributed by atoms with Crippen LogP contribution in [0, 0.1) is 12.7 Å². The van der Waals surface area contributed by atoms with E-state index in [2.05, 4.69) is 20.3 Å². The number of hydrogen-bond donors (Lipinski definition) is 2. The summed E-state index contributed by atoms with van der Waals surface area (Å²) in [5.74, 6) is -0.375. The average Bonchev–Trinajstić information content (AvgIpc) is 2.85. The molecule has 8 heteroatoms. The summed E-state index contributed by atoms with van der Waals surface area (Å²) in [6, 6.07) is 3.79. The van der Waals surface area contributed by atoms with Crippen molar-refractivity contribution in [3.8, 4) is 0 Å². The van der Waals surface area contributed by atoms with E-state index in [0.717, 1.165) is 12.1 Å². The number of aryl methyl sites for hydroxylation is 1. The maximum atomic E-state index is 13.2. The van der Waals surface area contributed by atoms with Gasteiger partial charge in [-0.3, -0.25) is 4.79 Å². The normalized spacial score (nSPS) is 10.9. The minimum absolute atomic E-state index is 0.00955. The van der Waals surface area contributed by atoms with E-state index >= 15 is 0 Å². The third kappa shape index (κ3) is 2.63. The number of hydrogen-bond acceptors (Lipinski definition) is 3. The van der Waals surface area contributed by atoms with Crippen molar-refractivity contribution in [1.29, 1.82) is 0 Å². The SMILES string of the molecule is Cc1nc(NC(=O)c2c(Cl)cc(F)cc2Cl)c2cc[nH]c2n1. The van der Waals surface area contributed by atoms with Gasteiger partial charge >= 0.3 is 0 Å². The number of H-pyrrole nitrogens is 1. The van der Waals surface area contributed by atoms with Gasteiger partial charge in [0.2, 0.25) is 0 Å². The number of carbonyl (C=O) groups excluding carboxylic acids is 1. The molecule has 2 aromatic heterocycles. The molecule has 0 fully saturated rings. The molecule has 1 aromatic carbocycles. The maximum absolute atomic E-state index is 13.2. The Morgan fingerprint density at radius 2 is 1.95 bits per heavy atom. The lowest BCUT2D eigenvalue weighted by Gasteiger charge is -2.09. The molecule has 0 saturated heterocycles. The molecule has 0 aliphatic carbocycles. The number of fused-ring (bicyclic) bond motifs is 1. The van der Waals surface area contributed by atoms with Crippen LogP contribution in [-0.4, -0.2) is 20.9 Å². The highest BCUT2D eigenvalue weighted by atomic mass is 35.5. The van der Waals surface area contributed by atoms with E-state index in [1.54, 1.807) is 19.2 Å². The highest BCUT2D eigenvalue weighted by molar-refractivity contribution is 6.40. The molecule has 1 amide bonds. The molecule has 2 heterocycles. The maximum Gasteiger partial charge on any atom is 0.259 e. The molecule has 2 N–H and O–H groups in total. The molecule has 0 radical (unpaired) electrons. The van der Waals surface area contributed by atoms with Crippen LogP contribution in [0.5, 0.6) is 0 Å². The van der Waals surface area contributed by atoms with Crippen LogP contribution in [0.2, 0.25) is 10.0 Å². The van der Waals surface area contributed by atoms with Crippen molar-refractivity contribution in [2.75, 3.05) is 5.32 Å². The van der Waals surface area contributed by atoms with Crippen LogP contribution in [0.15, 0.2) is 24.4 Å². The fourth-order valence-electron chi connectivity index (χ4n) is 2.08. The number of amides is 1. The lowest BCUT2D eigenvalue weighted by Crippen LogP contribution is -2.15. The molecule has 3 aromatic rings. The summed E-state index contributed by atoms with van der Waals surface area (Å²) in [5.41, 5.74) is 0.587. The highest BCUT2D eigenvalue weighted by Gasteiger charge is 2.18. The first-order chi connectivity index (χ1) is 10.5. The van der Waals surface area contributed by atoms with E-state index < -0.39 is 11.7 Å². The van der Waals surface area contributed by atoms with Gasteiger partial charge in [-0.05, 0) is 25.1 Å². The zero-order chi connectivity index (χ0) is 15.9. The second kappa shape index (κ2) is 5.55. The Hall–Kier alpha value is -2.18. The molecule has 3 rings (SSSR count). The lowest BCUT2D eigenvalue weighted by molar-refractivity contribution is 0.102. The Morgan fingerprint density at radius 3 is 2.64 bits per heavy atom. The lowest BCUT2D eigenvalue weighted by atomic mass is 10.2. The van der Waals surface area contributed by atoms with Crippen molar-refractivity contribution in [3.63, 3.8) is 0 Å². The van der Waals surface area contributed by atoms with Crippen LogP contribution in [0.3, 0.4) is 0 Å². The van der Waals surface area contributed by atoms with Crippen LogP contribution in [-0.2, 0) is 0 Å². The summed E-state index contributed by atoms with van der Waals surface area (Å²) in [7, 11) is 0. The van der Waals surface area contributed by atoms with Gasteiger partial charge in [0, 0.05) is 6.20 Å². The molecule has 0 unspecified atom stereocenters. The van der Waals surface area contributed by atoms with E-state index in [9.17, 15) is 9.18 Å². The summed E-state index contributed by atoms with van der Waals surface area (Å²) in [4.78, 5) is 23.7. The Bertz CT molecular complexity index is 871. The van der Waals surface area contributed by atoms with Gasteiger partial charge in [-0.25, -0.2) is 14.4 Å². The van der Waals surface area contributed by atoms with Crippen molar-refractivity contribution in [1.82, 2.24) is 15.0 Å². The quantitative estimate of drug-likeness (QED) is 0.742. The van der Waals surface area contributed by atoms with Crippen molar-refractivity contribution in [2.24, 2.45) is 0 Å². The monoisotopic (exact) mass is 338 g/mol. The molecule has 0 spiro atoms. The summed E-state index contributed by atoms with van der Waals surface area (Å²) >= 11 is 11.8. The molecular weight excluding hydrogens is 330 g/mol. The van der Waals surface area contributed by atoms with Crippen molar-refractivity contribution >= 4 is 46.0 Å². The molecule has 0 bridgehead atoms. The second-order valence-electron chi connectivity index (χ2n) is 4.56. The Morgan fingerprint density at radius 1 is 1.27 bits per heavy atom. The Kier molecular flexibility index (Phi) is 3.72. The van der Waals surface area contributed by atoms with E-state index in [1.165, 1.54) is 0 Å². The first-order valence-electron chi connectivity index (χ1n) is 6.23. The smallest absolute Gasteiger partial charge is 0.259 e. The van der Waals surface area contributed by atoms with Gasteiger partial charge < -0.3 is 10.3 Å². The number of nitrogens with one attached hydrogen (secondary N) is 2. The molecule has 0 aliphatic rings. The minimum atomic E-state index is -0.613. The molecule has 112 valence electrons. The van der Waals surface area contributed by atoms with Gasteiger partial charge in [0.15, 0.2) is 0 Å². The Labute approximate surface area is 134 Å². The number of nitrogens with zero attached hydrogens (tertiary/aromatic N) is 2. The standard InChI is InChI=1S/C14H9Cl2FN4O/c1-6-19-12-8(2-3-18-12)13(20-6)21-14(22)11-9(15)4-7(17)5-10(11)16/h2-5H,1H3,(H2,18,19,20,21,22). The zero-order valence-electron chi connectivity index (χ0n) is 11.2. The third-order valence-electron chi connectivity index (χ3n) is 2.99. The predicted octanol–water partition coefficient (Wildman–Crippen LogP) is 3.96. The highest BCUT2D eigenvalue weighted by Crippen LogP contribution is 2.28. The molecule has 0 saturated carbocycles. The van der Waals surface area contributed by atoms with E-state index in [-0.39, 0.29) is 15.6 Å². The van der Waals surface area contributed by atoms with E-state index in [1.807, 2.05) is 0 Å². The van der Waals surface area contributed by atoms with Crippen LogP contribution in [0.1, 0.15) is 16.2 Å². The fourth-order valence-corrected chi connectivity index (χ4v) is 2.71. The van der Waals surface area contributed by atoms with Gasteiger partial charge in [-0.15, -0.1) is 0 Å². The molecule has 5 nitrogen and oxygen atoms in total. The summed E-state index contributed by atoms with van der Waals surface area (Å²) < 4.78 is 13.2. The van der Waals surface area contributed by atoms with Crippen molar-refractivity contribution in [3.05, 3.63) is 51.6 Å². The van der Waals surface area contributed by atoms with E-state index in [0.29, 0.717) is 22.7 Å².